The third kappa shape index (κ3) is 1.06. The first kappa shape index (κ1) is 7.55. The van der Waals surface area contributed by atoms with E-state index in [-0.39, 0.29) is 0 Å². The van der Waals surface area contributed by atoms with Gasteiger partial charge in [-0.3, -0.25) is 4.98 Å². The fraction of sp³-hybridized carbons (Fsp3) is 0. The second kappa shape index (κ2) is 2.75. The summed E-state index contributed by atoms with van der Waals surface area (Å²) in [6.07, 6.45) is 3.53. The zero-order chi connectivity index (χ0) is 8.55. The van der Waals surface area contributed by atoms with E-state index in [0.717, 1.165) is 20.9 Å². The lowest BCUT2D eigenvalue weighted by Crippen LogP contribution is -1.87. The van der Waals surface area contributed by atoms with Gasteiger partial charge in [-0.05, 0) is 18.2 Å². The molecular formula is C9H7BrN2. The minimum Gasteiger partial charge on any atom is -0.398 e. The number of halogens is 1. The third-order valence-electron chi connectivity index (χ3n) is 1.80. The van der Waals surface area contributed by atoms with Crippen molar-refractivity contribution < 1.29 is 0 Å². The number of nitrogens with two attached hydrogens (primary N) is 1. The highest BCUT2D eigenvalue weighted by Crippen LogP contribution is 2.26. The predicted molar refractivity (Wildman–Crippen MR) is 53.9 cm³/mol. The summed E-state index contributed by atoms with van der Waals surface area (Å²) in [7, 11) is 0. The fourth-order valence-electron chi connectivity index (χ4n) is 1.18. The molecule has 0 spiro atoms. The minimum atomic E-state index is 0.765. The van der Waals surface area contributed by atoms with E-state index >= 15 is 0 Å². The van der Waals surface area contributed by atoms with Gasteiger partial charge in [-0.15, -0.1) is 0 Å². The summed E-state index contributed by atoms with van der Waals surface area (Å²) in [6, 6.07) is 5.75. The van der Waals surface area contributed by atoms with Crippen LogP contribution in [0, 0.1) is 0 Å². The van der Waals surface area contributed by atoms with E-state index in [4.69, 9.17) is 5.73 Å². The summed E-state index contributed by atoms with van der Waals surface area (Å²) in [6.45, 7) is 0. The number of nitrogens with zero attached hydrogens (tertiary/aromatic N) is 1. The van der Waals surface area contributed by atoms with Crippen molar-refractivity contribution in [1.82, 2.24) is 4.98 Å². The quantitative estimate of drug-likeness (QED) is 0.697. The molecule has 1 aromatic heterocycles. The van der Waals surface area contributed by atoms with Crippen LogP contribution in [0.4, 0.5) is 5.69 Å². The second-order valence-corrected chi connectivity index (χ2v) is 3.41. The van der Waals surface area contributed by atoms with Crippen LogP contribution in [0.25, 0.3) is 10.8 Å². The van der Waals surface area contributed by atoms with Crippen LogP contribution in [0.2, 0.25) is 0 Å². The molecule has 0 saturated heterocycles. The maximum atomic E-state index is 5.76. The molecule has 0 aliphatic heterocycles. The molecule has 12 heavy (non-hydrogen) atoms. The highest BCUT2D eigenvalue weighted by Gasteiger charge is 1.99. The van der Waals surface area contributed by atoms with Crippen molar-refractivity contribution in [3.63, 3.8) is 0 Å². The summed E-state index contributed by atoms with van der Waals surface area (Å²) < 4.78 is 1.05. The Morgan fingerprint density at radius 2 is 2.00 bits per heavy atom. The molecule has 0 saturated carbocycles. The van der Waals surface area contributed by atoms with Gasteiger partial charge in [0.05, 0.1) is 0 Å². The zero-order valence-corrected chi connectivity index (χ0v) is 7.88. The van der Waals surface area contributed by atoms with Crippen molar-refractivity contribution in [1.29, 1.82) is 0 Å². The molecule has 0 unspecified atom stereocenters. The Morgan fingerprint density at radius 1 is 1.17 bits per heavy atom. The first-order valence-corrected chi connectivity index (χ1v) is 4.36. The summed E-state index contributed by atoms with van der Waals surface area (Å²) in [5.74, 6) is 0. The molecule has 0 fully saturated rings. The van der Waals surface area contributed by atoms with E-state index < -0.39 is 0 Å². The average molecular weight is 223 g/mol. The third-order valence-corrected chi connectivity index (χ3v) is 2.49. The monoisotopic (exact) mass is 222 g/mol. The molecule has 2 N–H and O–H groups in total. The normalized spacial score (nSPS) is 10.4. The van der Waals surface area contributed by atoms with Crippen molar-refractivity contribution in [2.75, 3.05) is 5.73 Å². The number of hydrogen-bond donors (Lipinski definition) is 1. The lowest BCUT2D eigenvalue weighted by atomic mass is 10.1. The van der Waals surface area contributed by atoms with E-state index in [9.17, 15) is 0 Å². The molecule has 60 valence electrons. The highest BCUT2D eigenvalue weighted by molar-refractivity contribution is 9.10. The van der Waals surface area contributed by atoms with Gasteiger partial charge in [-0.25, -0.2) is 0 Å². The Hall–Kier alpha value is -1.09. The number of aromatic nitrogens is 1. The van der Waals surface area contributed by atoms with E-state index in [1.807, 2.05) is 18.2 Å². The lowest BCUT2D eigenvalue weighted by molar-refractivity contribution is 1.36. The maximum absolute atomic E-state index is 5.76. The zero-order valence-electron chi connectivity index (χ0n) is 6.29. The lowest BCUT2D eigenvalue weighted by Gasteiger charge is -2.01. The van der Waals surface area contributed by atoms with Gasteiger partial charge in [0.1, 0.15) is 0 Å². The van der Waals surface area contributed by atoms with Crippen molar-refractivity contribution in [3.8, 4) is 0 Å². The first-order valence-electron chi connectivity index (χ1n) is 3.57. The van der Waals surface area contributed by atoms with E-state index in [1.54, 1.807) is 12.4 Å². The first-order chi connectivity index (χ1) is 5.79. The summed E-state index contributed by atoms with van der Waals surface area (Å²) in [5, 5.41) is 2.09. The maximum Gasteiger partial charge on any atom is 0.0410 e. The predicted octanol–water partition coefficient (Wildman–Crippen LogP) is 2.58. The highest BCUT2D eigenvalue weighted by atomic mass is 79.9. The summed E-state index contributed by atoms with van der Waals surface area (Å²) in [4.78, 5) is 4.01. The molecule has 0 aliphatic rings. The molecule has 1 heterocycles. The van der Waals surface area contributed by atoms with Gasteiger partial charge >= 0.3 is 0 Å². The van der Waals surface area contributed by atoms with Crippen LogP contribution >= 0.6 is 15.9 Å². The van der Waals surface area contributed by atoms with Crippen molar-refractivity contribution in [3.05, 3.63) is 35.1 Å². The Kier molecular flexibility index (Phi) is 1.73. The molecule has 0 atom stereocenters. The van der Waals surface area contributed by atoms with Gasteiger partial charge in [0.2, 0.25) is 0 Å². The molecule has 0 aliphatic carbocycles. The Morgan fingerprint density at radius 3 is 2.75 bits per heavy atom. The number of rotatable bonds is 0. The van der Waals surface area contributed by atoms with Crippen LogP contribution in [0.3, 0.4) is 0 Å². The average Bonchev–Trinajstić information content (AvgIpc) is 2.12. The molecule has 0 amide bonds. The molecule has 2 nitrogen and oxygen atoms in total. The van der Waals surface area contributed by atoms with Crippen molar-refractivity contribution in [2.45, 2.75) is 0 Å². The van der Waals surface area contributed by atoms with Crippen LogP contribution in [-0.2, 0) is 0 Å². The molecule has 2 aromatic rings. The van der Waals surface area contributed by atoms with Gasteiger partial charge in [-0.2, -0.15) is 0 Å². The van der Waals surface area contributed by atoms with E-state index in [2.05, 4.69) is 20.9 Å². The second-order valence-electron chi connectivity index (χ2n) is 2.56. The van der Waals surface area contributed by atoms with E-state index in [0.29, 0.717) is 0 Å². The SMILES string of the molecule is Nc1ccc(Br)c2ccncc12. The van der Waals surface area contributed by atoms with E-state index in [1.165, 1.54) is 0 Å². The number of fused-ring (bicyclic) bond motifs is 1. The Bertz CT molecular complexity index is 385. The molecule has 3 heteroatoms. The summed E-state index contributed by atoms with van der Waals surface area (Å²) >= 11 is 3.45. The topological polar surface area (TPSA) is 38.9 Å². The van der Waals surface area contributed by atoms with Gasteiger partial charge in [-0.1, -0.05) is 15.9 Å². The van der Waals surface area contributed by atoms with Crippen molar-refractivity contribution >= 4 is 32.4 Å². The molecular weight excluding hydrogens is 216 g/mol. The van der Waals surface area contributed by atoms with Crippen LogP contribution in [-0.4, -0.2) is 4.98 Å². The van der Waals surface area contributed by atoms with Crippen LogP contribution in [0.15, 0.2) is 35.1 Å². The fourth-order valence-corrected chi connectivity index (χ4v) is 1.65. The Labute approximate surface area is 78.5 Å². The van der Waals surface area contributed by atoms with Gasteiger partial charge in [0, 0.05) is 33.3 Å². The summed E-state index contributed by atoms with van der Waals surface area (Å²) in [5.41, 5.74) is 6.53. The minimum absolute atomic E-state index is 0.765. The number of nitrogen functional groups attached to an aromatic ring is 1. The van der Waals surface area contributed by atoms with Gasteiger partial charge in [0.25, 0.3) is 0 Å². The Balaban J connectivity index is 2.95. The molecule has 0 radical (unpaired) electrons. The molecule has 0 bridgehead atoms. The number of benzene rings is 1. The number of pyridine rings is 1. The standard InChI is InChI=1S/C9H7BrN2/c10-8-1-2-9(11)7-5-12-4-3-6(7)8/h1-5H,11H2. The van der Waals surface area contributed by atoms with Crippen LogP contribution in [0.5, 0.6) is 0 Å². The van der Waals surface area contributed by atoms with Gasteiger partial charge < -0.3 is 5.73 Å². The van der Waals surface area contributed by atoms with Crippen molar-refractivity contribution in [2.24, 2.45) is 0 Å². The van der Waals surface area contributed by atoms with Gasteiger partial charge in [0.15, 0.2) is 0 Å². The smallest absolute Gasteiger partial charge is 0.0410 e. The van der Waals surface area contributed by atoms with Crippen LogP contribution < -0.4 is 5.73 Å². The molecule has 1 aromatic carbocycles. The largest absolute Gasteiger partial charge is 0.398 e. The number of hydrogen-bond acceptors (Lipinski definition) is 2. The molecule has 2 rings (SSSR count). The number of anilines is 1. The van der Waals surface area contributed by atoms with Crippen LogP contribution in [0.1, 0.15) is 0 Å².